The molecule has 116 valence electrons. The van der Waals surface area contributed by atoms with Crippen molar-refractivity contribution in [3.63, 3.8) is 0 Å². The van der Waals surface area contributed by atoms with Gasteiger partial charge in [-0.05, 0) is 29.8 Å². The molecule has 3 aromatic rings. The molecule has 1 N–H and O–H groups in total. The number of hydrogen-bond acceptors (Lipinski definition) is 4. The fraction of sp³-hybridized carbons (Fsp3) is 0.111. The van der Waals surface area contributed by atoms with Crippen molar-refractivity contribution >= 4 is 39.2 Å². The van der Waals surface area contributed by atoms with Crippen LogP contribution in [-0.4, -0.2) is 23.2 Å². The molecule has 0 saturated heterocycles. The van der Waals surface area contributed by atoms with E-state index in [4.69, 9.17) is 4.74 Å². The van der Waals surface area contributed by atoms with Gasteiger partial charge in [0, 0.05) is 5.56 Å². The zero-order chi connectivity index (χ0) is 16.2. The minimum Gasteiger partial charge on any atom is -0.496 e. The monoisotopic (exact) mass is 325 g/mol. The first-order chi connectivity index (χ1) is 11.2. The summed E-state index contributed by atoms with van der Waals surface area (Å²) < 4.78 is 6.38. The van der Waals surface area contributed by atoms with Gasteiger partial charge in [-0.3, -0.25) is 4.79 Å². The van der Waals surface area contributed by atoms with Gasteiger partial charge < -0.3 is 9.84 Å². The Hall–Kier alpha value is -2.66. The number of benzene rings is 2. The lowest BCUT2D eigenvalue weighted by Crippen LogP contribution is -1.97. The van der Waals surface area contributed by atoms with E-state index in [2.05, 4.69) is 4.98 Å². The zero-order valence-electron chi connectivity index (χ0n) is 12.5. The normalized spacial score (nSPS) is 11.6. The molecule has 0 spiro atoms. The van der Waals surface area contributed by atoms with E-state index in [0.29, 0.717) is 11.3 Å². The fourth-order valence-corrected chi connectivity index (χ4v) is 3.31. The van der Waals surface area contributed by atoms with Crippen molar-refractivity contribution < 1.29 is 14.6 Å². The van der Waals surface area contributed by atoms with Gasteiger partial charge in [-0.2, -0.15) is 0 Å². The van der Waals surface area contributed by atoms with Crippen LogP contribution in [0, 0.1) is 0 Å². The third-order valence-corrected chi connectivity index (χ3v) is 4.49. The van der Waals surface area contributed by atoms with Crippen molar-refractivity contribution in [2.75, 3.05) is 7.11 Å². The number of aliphatic carboxylic acids is 1. The molecule has 0 fully saturated rings. The van der Waals surface area contributed by atoms with Crippen LogP contribution in [-0.2, 0) is 4.79 Å². The number of hydrogen-bond donors (Lipinski definition) is 1. The van der Waals surface area contributed by atoms with E-state index in [0.717, 1.165) is 20.8 Å². The Morgan fingerprint density at radius 1 is 1.22 bits per heavy atom. The predicted molar refractivity (Wildman–Crippen MR) is 92.7 cm³/mol. The largest absolute Gasteiger partial charge is 0.496 e. The summed E-state index contributed by atoms with van der Waals surface area (Å²) in [4.78, 5) is 15.8. The minimum absolute atomic E-state index is 0.0854. The van der Waals surface area contributed by atoms with Crippen LogP contribution in [0.4, 0.5) is 0 Å². The van der Waals surface area contributed by atoms with E-state index < -0.39 is 5.97 Å². The SMILES string of the molecule is COc1ccccc1/C=C(\CC(=O)O)c1nc2ccccc2s1. The van der Waals surface area contributed by atoms with Gasteiger partial charge in [0.2, 0.25) is 0 Å². The maximum atomic E-state index is 11.2. The van der Waals surface area contributed by atoms with Crippen LogP contribution < -0.4 is 4.74 Å². The Morgan fingerprint density at radius 2 is 1.96 bits per heavy atom. The highest BCUT2D eigenvalue weighted by molar-refractivity contribution is 7.19. The summed E-state index contributed by atoms with van der Waals surface area (Å²) in [5.74, 6) is -0.179. The standard InChI is InChI=1S/C18H15NO3S/c1-22-15-8-4-2-6-12(15)10-13(11-17(20)21)18-19-14-7-3-5-9-16(14)23-18/h2-10H,11H2,1H3,(H,20,21)/b13-10+. The highest BCUT2D eigenvalue weighted by Crippen LogP contribution is 2.31. The van der Waals surface area contributed by atoms with E-state index in [1.807, 2.05) is 54.6 Å². The number of carboxylic acids is 1. The molecule has 0 bridgehead atoms. The maximum Gasteiger partial charge on any atom is 0.307 e. The molecule has 0 atom stereocenters. The molecule has 0 unspecified atom stereocenters. The lowest BCUT2D eigenvalue weighted by atomic mass is 10.1. The third kappa shape index (κ3) is 3.40. The molecule has 4 nitrogen and oxygen atoms in total. The predicted octanol–water partition coefficient (Wildman–Crippen LogP) is 4.32. The van der Waals surface area contributed by atoms with Crippen LogP contribution in [0.3, 0.4) is 0 Å². The summed E-state index contributed by atoms with van der Waals surface area (Å²) in [6.07, 6.45) is 1.75. The Morgan fingerprint density at radius 3 is 2.70 bits per heavy atom. The van der Waals surface area contributed by atoms with Crippen LogP contribution in [0.25, 0.3) is 21.9 Å². The number of para-hydroxylation sites is 2. The summed E-state index contributed by atoms with van der Waals surface area (Å²) in [7, 11) is 1.60. The molecule has 1 aromatic heterocycles. The van der Waals surface area contributed by atoms with Crippen LogP contribution in [0.15, 0.2) is 48.5 Å². The highest BCUT2D eigenvalue weighted by atomic mass is 32.1. The fourth-order valence-electron chi connectivity index (χ4n) is 2.33. The summed E-state index contributed by atoms with van der Waals surface area (Å²) in [6.45, 7) is 0. The molecule has 0 aliphatic heterocycles. The number of thiazole rings is 1. The molecule has 0 radical (unpaired) electrons. The number of aromatic nitrogens is 1. The second-order valence-corrected chi connectivity index (χ2v) is 6.00. The first-order valence-electron chi connectivity index (χ1n) is 7.08. The number of methoxy groups -OCH3 is 1. The number of carbonyl (C=O) groups is 1. The van der Waals surface area contributed by atoms with Crippen molar-refractivity contribution in [1.29, 1.82) is 0 Å². The molecular weight excluding hydrogens is 310 g/mol. The Balaban J connectivity index is 2.10. The van der Waals surface area contributed by atoms with Crippen LogP contribution in [0.5, 0.6) is 5.75 Å². The van der Waals surface area contributed by atoms with Crippen LogP contribution in [0.1, 0.15) is 17.0 Å². The van der Waals surface area contributed by atoms with Gasteiger partial charge in [-0.1, -0.05) is 30.3 Å². The molecule has 23 heavy (non-hydrogen) atoms. The zero-order valence-corrected chi connectivity index (χ0v) is 13.3. The van der Waals surface area contributed by atoms with Crippen molar-refractivity contribution in [2.24, 2.45) is 0 Å². The first kappa shape index (κ1) is 15.2. The average Bonchev–Trinajstić information content (AvgIpc) is 2.98. The summed E-state index contributed by atoms with van der Waals surface area (Å²) in [5, 5.41) is 9.95. The Kier molecular flexibility index (Phi) is 4.39. The van der Waals surface area contributed by atoms with Gasteiger partial charge in [0.1, 0.15) is 10.8 Å². The van der Waals surface area contributed by atoms with Crippen molar-refractivity contribution in [3.05, 3.63) is 59.1 Å². The summed E-state index contributed by atoms with van der Waals surface area (Å²) >= 11 is 1.50. The molecule has 0 aliphatic carbocycles. The molecular formula is C18H15NO3S. The number of nitrogens with zero attached hydrogens (tertiary/aromatic N) is 1. The molecule has 2 aromatic carbocycles. The van der Waals surface area contributed by atoms with Crippen LogP contribution >= 0.6 is 11.3 Å². The Bertz CT molecular complexity index is 850. The molecule has 0 amide bonds. The second-order valence-electron chi connectivity index (χ2n) is 4.97. The van der Waals surface area contributed by atoms with Gasteiger partial charge in [0.15, 0.2) is 0 Å². The summed E-state index contributed by atoms with van der Waals surface area (Å²) in [6, 6.07) is 15.3. The van der Waals surface area contributed by atoms with Crippen molar-refractivity contribution in [3.8, 4) is 5.75 Å². The van der Waals surface area contributed by atoms with E-state index >= 15 is 0 Å². The lowest BCUT2D eigenvalue weighted by Gasteiger charge is -2.06. The second kappa shape index (κ2) is 6.62. The topological polar surface area (TPSA) is 59.4 Å². The van der Waals surface area contributed by atoms with E-state index in [-0.39, 0.29) is 6.42 Å². The molecule has 0 saturated carbocycles. The molecule has 0 aliphatic rings. The number of carboxylic acid groups (broad SMARTS) is 1. The number of ether oxygens (including phenoxy) is 1. The first-order valence-corrected chi connectivity index (χ1v) is 7.90. The van der Waals surface area contributed by atoms with E-state index in [1.54, 1.807) is 7.11 Å². The molecule has 5 heteroatoms. The smallest absolute Gasteiger partial charge is 0.307 e. The van der Waals surface area contributed by atoms with E-state index in [1.165, 1.54) is 11.3 Å². The van der Waals surface area contributed by atoms with Gasteiger partial charge in [0.25, 0.3) is 0 Å². The van der Waals surface area contributed by atoms with Crippen LogP contribution in [0.2, 0.25) is 0 Å². The van der Waals surface area contributed by atoms with Crippen molar-refractivity contribution in [2.45, 2.75) is 6.42 Å². The Labute approximate surface area is 137 Å². The van der Waals surface area contributed by atoms with Gasteiger partial charge in [-0.25, -0.2) is 4.98 Å². The van der Waals surface area contributed by atoms with Gasteiger partial charge >= 0.3 is 5.97 Å². The van der Waals surface area contributed by atoms with Crippen molar-refractivity contribution in [1.82, 2.24) is 4.98 Å². The molecule has 1 heterocycles. The average molecular weight is 325 g/mol. The lowest BCUT2D eigenvalue weighted by molar-refractivity contribution is -0.135. The third-order valence-electron chi connectivity index (χ3n) is 3.38. The quantitative estimate of drug-likeness (QED) is 0.759. The highest BCUT2D eigenvalue weighted by Gasteiger charge is 2.13. The minimum atomic E-state index is -0.884. The number of fused-ring (bicyclic) bond motifs is 1. The van der Waals surface area contributed by atoms with Gasteiger partial charge in [0.05, 0.1) is 23.7 Å². The van der Waals surface area contributed by atoms with E-state index in [9.17, 15) is 9.90 Å². The maximum absolute atomic E-state index is 11.2. The van der Waals surface area contributed by atoms with Gasteiger partial charge in [-0.15, -0.1) is 11.3 Å². The summed E-state index contributed by atoms with van der Waals surface area (Å²) in [5.41, 5.74) is 2.39. The molecule has 3 rings (SSSR count). The number of rotatable bonds is 5.